The van der Waals surface area contributed by atoms with E-state index >= 15 is 0 Å². The van der Waals surface area contributed by atoms with E-state index in [1.54, 1.807) is 0 Å². The number of imidazole rings is 1. The Bertz CT molecular complexity index is 1410. The molecule has 1 aliphatic rings. The number of aryl methyl sites for hydroxylation is 1. The number of aromatic nitrogens is 5. The van der Waals surface area contributed by atoms with Crippen molar-refractivity contribution in [1.29, 1.82) is 0 Å². The molecule has 0 aliphatic carbocycles. The van der Waals surface area contributed by atoms with Gasteiger partial charge in [0.05, 0.1) is 56.5 Å². The van der Waals surface area contributed by atoms with Gasteiger partial charge in [0, 0.05) is 12.7 Å². The molecule has 4 rings (SSSR count). The smallest absolute Gasteiger partial charge is 0.382 e. The fourth-order valence-electron chi connectivity index (χ4n) is 3.96. The predicted molar refractivity (Wildman–Crippen MR) is 128 cm³/mol. The molecule has 3 aromatic rings. The highest BCUT2D eigenvalue weighted by Gasteiger charge is 2.49. The maximum absolute atomic E-state index is 14.1. The Morgan fingerprint density at radius 1 is 1.27 bits per heavy atom. The molecule has 0 aromatic carbocycles. The Hall–Kier alpha value is -3.93. The number of hydrogen-bond donors (Lipinski definition) is 2. The molecule has 1 fully saturated rings. The van der Waals surface area contributed by atoms with Crippen molar-refractivity contribution in [3.8, 4) is 0 Å². The second kappa shape index (κ2) is 11.2. The van der Waals surface area contributed by atoms with E-state index in [2.05, 4.69) is 35.7 Å². The third kappa shape index (κ3) is 6.53. The quantitative estimate of drug-likeness (QED) is 0.340. The molecule has 0 unspecified atom stereocenters. The summed E-state index contributed by atoms with van der Waals surface area (Å²) >= 11 is 0. The number of methoxy groups -OCH3 is 1. The van der Waals surface area contributed by atoms with Gasteiger partial charge in [-0.2, -0.15) is 18.3 Å². The first-order valence-corrected chi connectivity index (χ1v) is 12.2. The standard InChI is InChI=1S/C23H27F5N8O5/c1-12-18(34-41-33-12)19(37)32-15(8-40-21(2,3)23(26,27)28)14-7-36-17(31-14)5-13(6-30-36)16(9-39-4)35-11-22(24,25)10-29-20(35)38/h5-7,15-16H,8-11H2,1-4H3,(H,29,38)(H,32,37)/t15-,16+/m0/s1. The zero-order valence-electron chi connectivity index (χ0n) is 22.3. The lowest BCUT2D eigenvalue weighted by atomic mass is 10.1. The minimum Gasteiger partial charge on any atom is -0.382 e. The number of halogens is 5. The first-order valence-electron chi connectivity index (χ1n) is 12.2. The molecule has 0 radical (unpaired) electrons. The van der Waals surface area contributed by atoms with Gasteiger partial charge in [-0.1, -0.05) is 5.16 Å². The van der Waals surface area contributed by atoms with Crippen LogP contribution in [0.4, 0.5) is 26.7 Å². The summed E-state index contributed by atoms with van der Waals surface area (Å²) in [5.41, 5.74) is -2.07. The molecule has 0 bridgehead atoms. The molecule has 2 N–H and O–H groups in total. The van der Waals surface area contributed by atoms with Gasteiger partial charge in [-0.05, 0) is 32.0 Å². The Morgan fingerprint density at radius 3 is 2.63 bits per heavy atom. The highest BCUT2D eigenvalue weighted by atomic mass is 19.4. The number of ether oxygens (including phenoxy) is 2. The summed E-state index contributed by atoms with van der Waals surface area (Å²) in [6.45, 7) is 0.695. The fraction of sp³-hybridized carbons (Fsp3) is 0.565. The topological polar surface area (TPSA) is 149 Å². The van der Waals surface area contributed by atoms with Crippen molar-refractivity contribution in [2.45, 2.75) is 50.6 Å². The van der Waals surface area contributed by atoms with Gasteiger partial charge in [-0.25, -0.2) is 27.7 Å². The van der Waals surface area contributed by atoms with E-state index in [0.29, 0.717) is 5.56 Å². The summed E-state index contributed by atoms with van der Waals surface area (Å²) < 4.78 is 84.6. The molecule has 41 heavy (non-hydrogen) atoms. The van der Waals surface area contributed by atoms with E-state index in [9.17, 15) is 31.5 Å². The largest absolute Gasteiger partial charge is 0.416 e. The highest BCUT2D eigenvalue weighted by molar-refractivity contribution is 5.93. The van der Waals surface area contributed by atoms with Crippen LogP contribution in [0.15, 0.2) is 23.1 Å². The number of carbonyl (C=O) groups is 2. The Kier molecular flexibility index (Phi) is 8.17. The number of fused-ring (bicyclic) bond motifs is 1. The van der Waals surface area contributed by atoms with Gasteiger partial charge in [-0.15, -0.1) is 0 Å². The second-order valence-electron chi connectivity index (χ2n) is 9.91. The zero-order valence-corrected chi connectivity index (χ0v) is 22.3. The van der Waals surface area contributed by atoms with E-state index in [1.165, 1.54) is 37.0 Å². The number of urea groups is 1. The molecule has 13 nitrogen and oxygen atoms in total. The number of rotatable bonds is 10. The van der Waals surface area contributed by atoms with Crippen molar-refractivity contribution in [2.24, 2.45) is 0 Å². The van der Waals surface area contributed by atoms with Crippen LogP contribution in [0.2, 0.25) is 0 Å². The van der Waals surface area contributed by atoms with Crippen LogP contribution >= 0.6 is 0 Å². The number of amides is 3. The molecule has 3 amide bonds. The van der Waals surface area contributed by atoms with Crippen molar-refractivity contribution < 1.29 is 45.6 Å². The van der Waals surface area contributed by atoms with Crippen LogP contribution in [0.5, 0.6) is 0 Å². The molecule has 0 saturated carbocycles. The maximum Gasteiger partial charge on any atom is 0.416 e. The lowest BCUT2D eigenvalue weighted by Gasteiger charge is -2.38. The number of nitrogens with one attached hydrogen (secondary N) is 2. The summed E-state index contributed by atoms with van der Waals surface area (Å²) in [6, 6.07) is -1.43. The predicted octanol–water partition coefficient (Wildman–Crippen LogP) is 2.60. The normalized spacial score (nSPS) is 17.4. The van der Waals surface area contributed by atoms with Crippen LogP contribution in [0.3, 0.4) is 0 Å². The van der Waals surface area contributed by atoms with Gasteiger partial charge >= 0.3 is 12.2 Å². The Morgan fingerprint density at radius 2 is 2.00 bits per heavy atom. The molecule has 2 atom stereocenters. The van der Waals surface area contributed by atoms with Crippen LogP contribution in [-0.2, 0) is 9.47 Å². The van der Waals surface area contributed by atoms with Crippen LogP contribution in [0, 0.1) is 6.92 Å². The van der Waals surface area contributed by atoms with E-state index in [4.69, 9.17) is 9.47 Å². The molecule has 18 heteroatoms. The van der Waals surface area contributed by atoms with Crippen molar-refractivity contribution in [3.05, 3.63) is 41.1 Å². The first kappa shape index (κ1) is 30.0. The monoisotopic (exact) mass is 590 g/mol. The third-order valence-corrected chi connectivity index (χ3v) is 6.43. The number of hydrogen-bond acceptors (Lipinski definition) is 9. The van der Waals surface area contributed by atoms with Crippen molar-refractivity contribution in [1.82, 2.24) is 40.4 Å². The van der Waals surface area contributed by atoms with Crippen LogP contribution in [-0.4, -0.2) is 92.9 Å². The molecule has 224 valence electrons. The van der Waals surface area contributed by atoms with Gasteiger partial charge in [0.25, 0.3) is 11.8 Å². The number of nitrogens with zero attached hydrogens (tertiary/aromatic N) is 6. The minimum atomic E-state index is -4.71. The average Bonchev–Trinajstić information content (AvgIpc) is 3.51. The van der Waals surface area contributed by atoms with Crippen molar-refractivity contribution in [3.63, 3.8) is 0 Å². The number of carbonyl (C=O) groups excluding carboxylic acids is 2. The van der Waals surface area contributed by atoms with Crippen LogP contribution in [0.1, 0.15) is 53.4 Å². The summed E-state index contributed by atoms with van der Waals surface area (Å²) in [7, 11) is 1.34. The van der Waals surface area contributed by atoms with Crippen molar-refractivity contribution in [2.75, 3.05) is 33.4 Å². The number of alkyl halides is 5. The molecular formula is C23H27F5N8O5. The van der Waals surface area contributed by atoms with Crippen molar-refractivity contribution >= 4 is 17.6 Å². The fourth-order valence-corrected chi connectivity index (χ4v) is 3.96. The Labute approximate surface area is 229 Å². The summed E-state index contributed by atoms with van der Waals surface area (Å²) in [5, 5.41) is 15.9. The Balaban J connectivity index is 1.66. The van der Waals surface area contributed by atoms with E-state index in [-0.39, 0.29) is 29.3 Å². The molecule has 1 saturated heterocycles. The van der Waals surface area contributed by atoms with E-state index in [1.807, 2.05) is 0 Å². The minimum absolute atomic E-state index is 0.0700. The maximum atomic E-state index is 14.1. The van der Waals surface area contributed by atoms with E-state index in [0.717, 1.165) is 18.7 Å². The lowest BCUT2D eigenvalue weighted by Crippen LogP contribution is -2.58. The average molecular weight is 591 g/mol. The SMILES string of the molecule is COC[C@H](c1cnn2cc([C@H](COC(C)(C)C(F)(F)F)NC(=O)c3nonc3C)nc2c1)N1CC(F)(F)CNC1=O. The summed E-state index contributed by atoms with van der Waals surface area (Å²) in [5.74, 6) is -3.98. The molecule has 1 aliphatic heterocycles. The second-order valence-corrected chi connectivity index (χ2v) is 9.91. The van der Waals surface area contributed by atoms with E-state index < -0.39 is 61.4 Å². The lowest BCUT2D eigenvalue weighted by molar-refractivity contribution is -0.265. The molecular weight excluding hydrogens is 563 g/mol. The summed E-state index contributed by atoms with van der Waals surface area (Å²) in [4.78, 5) is 30.5. The third-order valence-electron chi connectivity index (χ3n) is 6.43. The van der Waals surface area contributed by atoms with Gasteiger partial charge in [0.1, 0.15) is 5.69 Å². The molecule has 4 heterocycles. The van der Waals surface area contributed by atoms with Crippen LogP contribution < -0.4 is 10.6 Å². The first-order chi connectivity index (χ1) is 19.1. The molecule has 3 aromatic heterocycles. The highest BCUT2D eigenvalue weighted by Crippen LogP contribution is 2.34. The molecule has 0 spiro atoms. The van der Waals surface area contributed by atoms with Gasteiger partial charge in [0.2, 0.25) is 0 Å². The zero-order chi connectivity index (χ0) is 30.2. The summed E-state index contributed by atoms with van der Waals surface area (Å²) in [6.07, 6.45) is -2.03. The van der Waals surface area contributed by atoms with Gasteiger partial charge in [0.15, 0.2) is 16.9 Å². The van der Waals surface area contributed by atoms with Gasteiger partial charge < -0.3 is 25.0 Å². The van der Waals surface area contributed by atoms with Gasteiger partial charge in [-0.3, -0.25) is 4.79 Å². The van der Waals surface area contributed by atoms with Crippen LogP contribution in [0.25, 0.3) is 5.65 Å².